The number of fused-ring (bicyclic) bond motifs is 1. The molecule has 2 aromatic heterocycles. The molecule has 0 bridgehead atoms. The van der Waals surface area contributed by atoms with E-state index in [4.69, 9.17) is 23.2 Å². The normalized spacial score (nSPS) is 11.0. The zero-order valence-corrected chi connectivity index (χ0v) is 16.9. The van der Waals surface area contributed by atoms with Gasteiger partial charge in [-0.25, -0.2) is 9.78 Å². The predicted octanol–water partition coefficient (Wildman–Crippen LogP) is 4.35. The molecule has 0 radical (unpaired) electrons. The molecular formula is C21H16Cl2N4O2. The maximum atomic E-state index is 12.7. The smallest absolute Gasteiger partial charge is 0.325 e. The van der Waals surface area contributed by atoms with Crippen molar-refractivity contribution in [2.75, 3.05) is 5.32 Å². The molecule has 0 saturated carbocycles. The Kier molecular flexibility index (Phi) is 5.13. The number of carbonyl (C=O) groups is 1. The molecular weight excluding hydrogens is 411 g/mol. The summed E-state index contributed by atoms with van der Waals surface area (Å²) in [6.07, 6.45) is 1.63. The SMILES string of the molecule is Cn1c(=O)n(CC(=O)Nc2ccccc2)c2ncc(-c3cc(Cl)cc(Cl)c3)cc21. The highest BCUT2D eigenvalue weighted by Gasteiger charge is 2.16. The summed E-state index contributed by atoms with van der Waals surface area (Å²) in [6, 6.07) is 16.1. The van der Waals surface area contributed by atoms with Gasteiger partial charge in [-0.05, 0) is 42.0 Å². The highest BCUT2D eigenvalue weighted by molar-refractivity contribution is 6.35. The molecule has 2 aromatic carbocycles. The molecule has 2 heterocycles. The molecule has 29 heavy (non-hydrogen) atoms. The average Bonchev–Trinajstić information content (AvgIpc) is 2.92. The number of amides is 1. The first-order valence-electron chi connectivity index (χ1n) is 8.79. The van der Waals surface area contributed by atoms with E-state index in [9.17, 15) is 9.59 Å². The van der Waals surface area contributed by atoms with Crippen molar-refractivity contribution in [2.24, 2.45) is 7.05 Å². The highest BCUT2D eigenvalue weighted by atomic mass is 35.5. The molecule has 0 saturated heterocycles. The number of aryl methyl sites for hydroxylation is 1. The lowest BCUT2D eigenvalue weighted by atomic mass is 10.1. The molecule has 146 valence electrons. The Morgan fingerprint density at radius 2 is 1.72 bits per heavy atom. The third-order valence-corrected chi connectivity index (χ3v) is 4.97. The average molecular weight is 427 g/mol. The largest absolute Gasteiger partial charge is 0.330 e. The number of carbonyl (C=O) groups excluding carboxylic acids is 1. The predicted molar refractivity (Wildman–Crippen MR) is 116 cm³/mol. The molecule has 1 N–H and O–H groups in total. The quantitative estimate of drug-likeness (QED) is 0.527. The van der Waals surface area contributed by atoms with E-state index in [1.807, 2.05) is 24.3 Å². The fraction of sp³-hybridized carbons (Fsp3) is 0.0952. The number of para-hydroxylation sites is 1. The fourth-order valence-electron chi connectivity index (χ4n) is 3.16. The second-order valence-corrected chi connectivity index (χ2v) is 7.44. The molecule has 4 aromatic rings. The second-order valence-electron chi connectivity index (χ2n) is 6.57. The van der Waals surface area contributed by atoms with E-state index >= 15 is 0 Å². The van der Waals surface area contributed by atoms with Gasteiger partial charge in [0.2, 0.25) is 5.91 Å². The standard InChI is InChI=1S/C21H16Cl2N4O2/c1-26-18-9-14(13-7-15(22)10-16(23)8-13)11-24-20(18)27(21(26)29)12-19(28)25-17-5-3-2-4-6-17/h2-11H,12H2,1H3,(H,25,28). The summed E-state index contributed by atoms with van der Waals surface area (Å²) in [5.74, 6) is -0.307. The van der Waals surface area contributed by atoms with Gasteiger partial charge in [-0.1, -0.05) is 41.4 Å². The third-order valence-electron chi connectivity index (χ3n) is 4.54. The van der Waals surface area contributed by atoms with Crippen LogP contribution in [0.1, 0.15) is 0 Å². The summed E-state index contributed by atoms with van der Waals surface area (Å²) >= 11 is 12.2. The maximum Gasteiger partial charge on any atom is 0.330 e. The summed E-state index contributed by atoms with van der Waals surface area (Å²) < 4.78 is 2.82. The molecule has 1 amide bonds. The Morgan fingerprint density at radius 1 is 1.03 bits per heavy atom. The zero-order chi connectivity index (χ0) is 20.5. The number of anilines is 1. The number of nitrogens with one attached hydrogen (secondary N) is 1. The van der Waals surface area contributed by atoms with E-state index in [-0.39, 0.29) is 18.1 Å². The summed E-state index contributed by atoms with van der Waals surface area (Å²) in [7, 11) is 1.65. The zero-order valence-electron chi connectivity index (χ0n) is 15.4. The fourth-order valence-corrected chi connectivity index (χ4v) is 3.69. The number of halogens is 2. The van der Waals surface area contributed by atoms with Gasteiger partial charge in [-0.3, -0.25) is 13.9 Å². The van der Waals surface area contributed by atoms with Crippen LogP contribution in [0.2, 0.25) is 10.0 Å². The number of imidazole rings is 1. The summed E-state index contributed by atoms with van der Waals surface area (Å²) in [6.45, 7) is -0.138. The molecule has 0 aliphatic heterocycles. The third kappa shape index (κ3) is 3.90. The first-order valence-corrected chi connectivity index (χ1v) is 9.54. The Hall–Kier alpha value is -3.09. The van der Waals surface area contributed by atoms with E-state index in [0.717, 1.165) is 11.1 Å². The van der Waals surface area contributed by atoms with Gasteiger partial charge in [0.1, 0.15) is 6.54 Å². The Bertz CT molecular complexity index is 1260. The van der Waals surface area contributed by atoms with Gasteiger partial charge < -0.3 is 5.32 Å². The van der Waals surface area contributed by atoms with Crippen molar-refractivity contribution >= 4 is 46.0 Å². The molecule has 0 fully saturated rings. The number of nitrogens with zero attached hydrogens (tertiary/aromatic N) is 3. The minimum atomic E-state index is -0.322. The molecule has 0 aliphatic carbocycles. The van der Waals surface area contributed by atoms with Crippen LogP contribution in [-0.4, -0.2) is 20.0 Å². The van der Waals surface area contributed by atoms with Crippen LogP contribution in [0, 0.1) is 0 Å². The molecule has 6 nitrogen and oxygen atoms in total. The lowest BCUT2D eigenvalue weighted by molar-refractivity contribution is -0.116. The van der Waals surface area contributed by atoms with Crippen LogP contribution in [0.5, 0.6) is 0 Å². The first-order chi connectivity index (χ1) is 13.9. The number of pyridine rings is 1. The van der Waals surface area contributed by atoms with Crippen molar-refractivity contribution in [3.05, 3.63) is 81.3 Å². The number of benzene rings is 2. The summed E-state index contributed by atoms with van der Waals surface area (Å²) in [4.78, 5) is 29.5. The minimum Gasteiger partial charge on any atom is -0.325 e. The van der Waals surface area contributed by atoms with Crippen LogP contribution in [0.4, 0.5) is 5.69 Å². The molecule has 0 atom stereocenters. The van der Waals surface area contributed by atoms with Crippen LogP contribution in [0.25, 0.3) is 22.3 Å². The highest BCUT2D eigenvalue weighted by Crippen LogP contribution is 2.28. The number of hydrogen-bond acceptors (Lipinski definition) is 3. The number of aromatic nitrogens is 3. The van der Waals surface area contributed by atoms with Gasteiger partial charge in [-0.15, -0.1) is 0 Å². The van der Waals surface area contributed by atoms with Crippen LogP contribution >= 0.6 is 23.2 Å². The Morgan fingerprint density at radius 3 is 2.41 bits per heavy atom. The van der Waals surface area contributed by atoms with Crippen LogP contribution in [0.15, 0.2) is 65.6 Å². The molecule has 0 aliphatic rings. The monoisotopic (exact) mass is 426 g/mol. The number of hydrogen-bond donors (Lipinski definition) is 1. The summed E-state index contributed by atoms with van der Waals surface area (Å²) in [5, 5.41) is 3.80. The first kappa shape index (κ1) is 19.2. The van der Waals surface area contributed by atoms with E-state index in [1.54, 1.807) is 43.6 Å². The van der Waals surface area contributed by atoms with Crippen LogP contribution in [0.3, 0.4) is 0 Å². The van der Waals surface area contributed by atoms with Gasteiger partial charge in [0.05, 0.1) is 5.52 Å². The van der Waals surface area contributed by atoms with Gasteiger partial charge in [0, 0.05) is 34.5 Å². The van der Waals surface area contributed by atoms with Crippen LogP contribution in [-0.2, 0) is 18.4 Å². The van der Waals surface area contributed by atoms with E-state index in [0.29, 0.717) is 26.9 Å². The topological polar surface area (TPSA) is 68.9 Å². The van der Waals surface area contributed by atoms with Crippen molar-refractivity contribution in [2.45, 2.75) is 6.54 Å². The van der Waals surface area contributed by atoms with Gasteiger partial charge in [-0.2, -0.15) is 0 Å². The van der Waals surface area contributed by atoms with Crippen molar-refractivity contribution < 1.29 is 4.79 Å². The van der Waals surface area contributed by atoms with Crippen molar-refractivity contribution in [3.8, 4) is 11.1 Å². The van der Waals surface area contributed by atoms with Gasteiger partial charge in [0.25, 0.3) is 0 Å². The molecule has 0 unspecified atom stereocenters. The van der Waals surface area contributed by atoms with E-state index < -0.39 is 0 Å². The van der Waals surface area contributed by atoms with E-state index in [2.05, 4.69) is 10.3 Å². The lowest BCUT2D eigenvalue weighted by Gasteiger charge is -2.06. The second kappa shape index (κ2) is 7.73. The van der Waals surface area contributed by atoms with Gasteiger partial charge in [0.15, 0.2) is 5.65 Å². The molecule has 8 heteroatoms. The lowest BCUT2D eigenvalue weighted by Crippen LogP contribution is -2.28. The maximum absolute atomic E-state index is 12.7. The minimum absolute atomic E-state index is 0.138. The van der Waals surface area contributed by atoms with E-state index in [1.165, 1.54) is 9.13 Å². The van der Waals surface area contributed by atoms with Crippen molar-refractivity contribution in [1.29, 1.82) is 0 Å². The van der Waals surface area contributed by atoms with Gasteiger partial charge >= 0.3 is 5.69 Å². The molecule has 0 spiro atoms. The summed E-state index contributed by atoms with van der Waals surface area (Å²) in [5.41, 5.74) is 2.94. The Balaban J connectivity index is 1.70. The van der Waals surface area contributed by atoms with Crippen molar-refractivity contribution in [3.63, 3.8) is 0 Å². The van der Waals surface area contributed by atoms with Crippen molar-refractivity contribution in [1.82, 2.24) is 14.1 Å². The number of rotatable bonds is 4. The van der Waals surface area contributed by atoms with Crippen LogP contribution < -0.4 is 11.0 Å². The molecule has 4 rings (SSSR count). The Labute approximate surface area is 176 Å².